The summed E-state index contributed by atoms with van der Waals surface area (Å²) < 4.78 is 5.19. The van der Waals surface area contributed by atoms with Crippen molar-refractivity contribution in [3.63, 3.8) is 0 Å². The summed E-state index contributed by atoms with van der Waals surface area (Å²) in [5.41, 5.74) is 0. The largest absolute Gasteiger partial charge is 0.480 e. The van der Waals surface area contributed by atoms with Crippen molar-refractivity contribution in [1.29, 1.82) is 0 Å². The van der Waals surface area contributed by atoms with Gasteiger partial charge in [0.1, 0.15) is 12.1 Å². The molecule has 8 nitrogen and oxygen atoms in total. The molecular formula is C12H21N3O5. The quantitative estimate of drug-likeness (QED) is 0.630. The van der Waals surface area contributed by atoms with Gasteiger partial charge in [-0.3, -0.25) is 4.79 Å². The molecule has 0 bridgehead atoms. The summed E-state index contributed by atoms with van der Waals surface area (Å²) in [7, 11) is 1.47. The van der Waals surface area contributed by atoms with Crippen LogP contribution in [0.1, 0.15) is 13.8 Å². The maximum Gasteiger partial charge on any atom is 0.326 e. The minimum Gasteiger partial charge on any atom is -0.480 e. The minimum atomic E-state index is -1.10. The highest BCUT2D eigenvalue weighted by atomic mass is 16.5. The van der Waals surface area contributed by atoms with Gasteiger partial charge >= 0.3 is 12.0 Å². The van der Waals surface area contributed by atoms with Crippen LogP contribution in [0.2, 0.25) is 0 Å². The number of carboxylic acids is 1. The molecule has 0 saturated carbocycles. The van der Waals surface area contributed by atoms with E-state index >= 15 is 0 Å². The molecule has 0 spiro atoms. The maximum absolute atomic E-state index is 12.2. The molecule has 1 fully saturated rings. The Bertz CT molecular complexity index is 385. The number of aliphatic carboxylic acids is 1. The molecule has 2 unspecified atom stereocenters. The van der Waals surface area contributed by atoms with Gasteiger partial charge in [0.2, 0.25) is 5.91 Å². The van der Waals surface area contributed by atoms with Crippen molar-refractivity contribution in [2.24, 2.45) is 5.92 Å². The molecule has 1 aliphatic heterocycles. The number of carbonyl (C=O) groups excluding carboxylic acids is 2. The van der Waals surface area contributed by atoms with Crippen molar-refractivity contribution in [2.45, 2.75) is 25.9 Å². The first-order chi connectivity index (χ1) is 9.38. The highest BCUT2D eigenvalue weighted by molar-refractivity contribution is 5.89. The molecule has 0 radical (unpaired) electrons. The zero-order chi connectivity index (χ0) is 15.3. The Kier molecular flexibility index (Phi) is 5.75. The third-order valence-corrected chi connectivity index (χ3v) is 3.15. The van der Waals surface area contributed by atoms with Gasteiger partial charge in [0.25, 0.3) is 0 Å². The molecule has 1 rings (SSSR count). The Balaban J connectivity index is 2.77. The van der Waals surface area contributed by atoms with Crippen LogP contribution >= 0.6 is 0 Å². The molecule has 8 heteroatoms. The molecule has 0 aromatic carbocycles. The maximum atomic E-state index is 12.2. The van der Waals surface area contributed by atoms with Crippen molar-refractivity contribution < 1.29 is 24.2 Å². The van der Waals surface area contributed by atoms with E-state index in [2.05, 4.69) is 10.6 Å². The molecule has 1 heterocycles. The number of nitrogens with zero attached hydrogens (tertiary/aromatic N) is 1. The van der Waals surface area contributed by atoms with Gasteiger partial charge in [-0.25, -0.2) is 9.59 Å². The number of morpholine rings is 1. The van der Waals surface area contributed by atoms with Crippen LogP contribution in [-0.4, -0.2) is 66.8 Å². The Morgan fingerprint density at radius 3 is 2.50 bits per heavy atom. The Morgan fingerprint density at radius 1 is 1.35 bits per heavy atom. The second-order valence-electron chi connectivity index (χ2n) is 4.91. The van der Waals surface area contributed by atoms with Crippen molar-refractivity contribution in [3.8, 4) is 0 Å². The number of hydrogen-bond donors (Lipinski definition) is 3. The Morgan fingerprint density at radius 2 is 2.00 bits per heavy atom. The fourth-order valence-corrected chi connectivity index (χ4v) is 1.96. The molecule has 114 valence electrons. The van der Waals surface area contributed by atoms with Crippen LogP contribution in [0.3, 0.4) is 0 Å². The lowest BCUT2D eigenvalue weighted by Crippen LogP contribution is -2.60. The Hall–Kier alpha value is -1.83. The first-order valence-electron chi connectivity index (χ1n) is 6.47. The number of amides is 3. The molecule has 0 aromatic heterocycles. The number of likely N-dealkylation sites (N-methyl/N-ethyl adjacent to an activating group) is 1. The van der Waals surface area contributed by atoms with Crippen molar-refractivity contribution in [1.82, 2.24) is 15.5 Å². The molecule has 3 N–H and O–H groups in total. The van der Waals surface area contributed by atoms with Crippen LogP contribution in [0.25, 0.3) is 0 Å². The van der Waals surface area contributed by atoms with Gasteiger partial charge in [0.15, 0.2) is 0 Å². The normalized spacial score (nSPS) is 20.4. The first kappa shape index (κ1) is 16.2. The van der Waals surface area contributed by atoms with E-state index in [1.807, 2.05) is 0 Å². The highest BCUT2D eigenvalue weighted by Crippen LogP contribution is 2.09. The average molecular weight is 287 g/mol. The third-order valence-electron chi connectivity index (χ3n) is 3.15. The summed E-state index contributed by atoms with van der Waals surface area (Å²) in [6.45, 7) is 4.07. The molecule has 2 atom stereocenters. The fourth-order valence-electron chi connectivity index (χ4n) is 1.96. The first-order valence-corrected chi connectivity index (χ1v) is 6.47. The van der Waals surface area contributed by atoms with Crippen molar-refractivity contribution in [2.75, 3.05) is 26.8 Å². The van der Waals surface area contributed by atoms with E-state index in [1.165, 1.54) is 11.9 Å². The third kappa shape index (κ3) is 3.83. The van der Waals surface area contributed by atoms with Crippen molar-refractivity contribution in [3.05, 3.63) is 0 Å². The van der Waals surface area contributed by atoms with Crippen LogP contribution in [-0.2, 0) is 14.3 Å². The van der Waals surface area contributed by atoms with Gasteiger partial charge < -0.3 is 25.4 Å². The number of carbonyl (C=O) groups is 3. The topological polar surface area (TPSA) is 108 Å². The highest BCUT2D eigenvalue weighted by Gasteiger charge is 2.34. The summed E-state index contributed by atoms with van der Waals surface area (Å²) in [6.07, 6.45) is 0. The van der Waals surface area contributed by atoms with E-state index in [9.17, 15) is 14.4 Å². The summed E-state index contributed by atoms with van der Waals surface area (Å²) in [5.74, 6) is -1.69. The van der Waals surface area contributed by atoms with Crippen LogP contribution in [0.5, 0.6) is 0 Å². The summed E-state index contributed by atoms with van der Waals surface area (Å²) >= 11 is 0. The standard InChI is InChI=1S/C12H21N3O5/c1-7(2)9(11(17)18)14-12(19)15-4-5-20-6-8(15)10(16)13-3/h7-9H,4-6H2,1-3H3,(H,13,16)(H,14,19)(H,17,18). The van der Waals surface area contributed by atoms with E-state index in [-0.39, 0.29) is 25.0 Å². The molecule has 1 saturated heterocycles. The lowest BCUT2D eigenvalue weighted by Gasteiger charge is -2.35. The number of carboxylic acid groups (broad SMARTS) is 1. The number of rotatable bonds is 4. The van der Waals surface area contributed by atoms with Gasteiger partial charge in [-0.2, -0.15) is 0 Å². The van der Waals surface area contributed by atoms with Crippen LogP contribution in [0.4, 0.5) is 4.79 Å². The second kappa shape index (κ2) is 7.09. The predicted octanol–water partition coefficient (Wildman–Crippen LogP) is -0.748. The SMILES string of the molecule is CNC(=O)C1COCCN1C(=O)NC(C(=O)O)C(C)C. The number of urea groups is 1. The van der Waals surface area contributed by atoms with Gasteiger partial charge in [-0.05, 0) is 5.92 Å². The van der Waals surface area contributed by atoms with Gasteiger partial charge in [-0.15, -0.1) is 0 Å². The van der Waals surface area contributed by atoms with Crippen molar-refractivity contribution >= 4 is 17.9 Å². The van der Waals surface area contributed by atoms with Crippen LogP contribution < -0.4 is 10.6 Å². The van der Waals surface area contributed by atoms with E-state index in [1.54, 1.807) is 13.8 Å². The van der Waals surface area contributed by atoms with Crippen LogP contribution in [0.15, 0.2) is 0 Å². The van der Waals surface area contributed by atoms with E-state index < -0.39 is 24.1 Å². The average Bonchev–Trinajstić information content (AvgIpc) is 2.42. The van der Waals surface area contributed by atoms with Gasteiger partial charge in [0, 0.05) is 13.6 Å². The number of hydrogen-bond acceptors (Lipinski definition) is 4. The van der Waals surface area contributed by atoms with Gasteiger partial charge in [0.05, 0.1) is 13.2 Å². The molecule has 20 heavy (non-hydrogen) atoms. The van der Waals surface area contributed by atoms with E-state index in [0.29, 0.717) is 6.61 Å². The zero-order valence-corrected chi connectivity index (χ0v) is 11.9. The monoisotopic (exact) mass is 287 g/mol. The molecule has 0 aliphatic carbocycles. The molecular weight excluding hydrogens is 266 g/mol. The second-order valence-corrected chi connectivity index (χ2v) is 4.91. The van der Waals surface area contributed by atoms with Gasteiger partial charge in [-0.1, -0.05) is 13.8 Å². The lowest BCUT2D eigenvalue weighted by molar-refractivity contribution is -0.140. The smallest absolute Gasteiger partial charge is 0.326 e. The predicted molar refractivity (Wildman–Crippen MR) is 70.2 cm³/mol. The summed E-state index contributed by atoms with van der Waals surface area (Å²) in [5, 5.41) is 14.0. The zero-order valence-electron chi connectivity index (χ0n) is 11.9. The minimum absolute atomic E-state index is 0.104. The molecule has 1 aliphatic rings. The number of nitrogens with one attached hydrogen (secondary N) is 2. The molecule has 3 amide bonds. The lowest BCUT2D eigenvalue weighted by atomic mass is 10.1. The van der Waals surface area contributed by atoms with E-state index in [0.717, 1.165) is 0 Å². The van der Waals surface area contributed by atoms with Crippen LogP contribution in [0, 0.1) is 5.92 Å². The fraction of sp³-hybridized carbons (Fsp3) is 0.750. The summed E-state index contributed by atoms with van der Waals surface area (Å²) in [4.78, 5) is 36.3. The number of ether oxygens (including phenoxy) is 1. The van der Waals surface area contributed by atoms with E-state index in [4.69, 9.17) is 9.84 Å². The molecule has 0 aromatic rings. The summed E-state index contributed by atoms with van der Waals surface area (Å²) in [6, 6.07) is -2.30. The Labute approximate surface area is 117 Å².